The van der Waals surface area contributed by atoms with Gasteiger partial charge in [-0.1, -0.05) is 30.3 Å². The molecule has 0 saturated carbocycles. The van der Waals surface area contributed by atoms with E-state index in [0.29, 0.717) is 18.1 Å². The summed E-state index contributed by atoms with van der Waals surface area (Å²) in [4.78, 5) is 16.1. The molecule has 0 unspecified atom stereocenters. The summed E-state index contributed by atoms with van der Waals surface area (Å²) in [6.07, 6.45) is 1.53. The molecule has 0 spiro atoms. The van der Waals surface area contributed by atoms with E-state index in [0.717, 1.165) is 5.56 Å². The number of ether oxygens (including phenoxy) is 1. The quantitative estimate of drug-likeness (QED) is 0.804. The van der Waals surface area contributed by atoms with Crippen molar-refractivity contribution < 1.29 is 4.74 Å². The van der Waals surface area contributed by atoms with E-state index < -0.39 is 0 Å². The molecule has 88 valence electrons. The van der Waals surface area contributed by atoms with Gasteiger partial charge < -0.3 is 4.74 Å². The molecule has 1 aromatic carbocycles. The Balaban J connectivity index is 2.45. The molecule has 0 bridgehead atoms. The van der Waals surface area contributed by atoms with Crippen LogP contribution in [0.3, 0.4) is 0 Å². The largest absolute Gasteiger partial charge is 0.468 e. The van der Waals surface area contributed by atoms with Crippen molar-refractivity contribution in [2.24, 2.45) is 0 Å². The standard InChI is InChI=1S/C13H14N2O2/c1-10-8-14-13(17-2)15(12(10)16)9-11-6-4-3-5-7-11/h3-8H,9H2,1-2H3. The third-order valence-electron chi connectivity index (χ3n) is 2.55. The van der Waals surface area contributed by atoms with E-state index >= 15 is 0 Å². The van der Waals surface area contributed by atoms with Gasteiger partial charge in [0.2, 0.25) is 0 Å². The summed E-state index contributed by atoms with van der Waals surface area (Å²) in [5, 5.41) is 0. The van der Waals surface area contributed by atoms with Gasteiger partial charge in [0, 0.05) is 11.8 Å². The highest BCUT2D eigenvalue weighted by Crippen LogP contribution is 2.07. The number of nitrogens with zero attached hydrogens (tertiary/aromatic N) is 2. The highest BCUT2D eigenvalue weighted by atomic mass is 16.5. The van der Waals surface area contributed by atoms with Crippen molar-refractivity contribution in [1.82, 2.24) is 9.55 Å². The third kappa shape index (κ3) is 2.36. The molecule has 0 aliphatic heterocycles. The molecule has 0 saturated heterocycles. The molecular weight excluding hydrogens is 216 g/mol. The van der Waals surface area contributed by atoms with Crippen molar-refractivity contribution in [1.29, 1.82) is 0 Å². The average molecular weight is 230 g/mol. The molecule has 0 amide bonds. The number of hydrogen-bond acceptors (Lipinski definition) is 3. The SMILES string of the molecule is COc1ncc(C)c(=O)n1Cc1ccccc1. The topological polar surface area (TPSA) is 44.1 Å². The molecule has 2 rings (SSSR count). The molecule has 1 aromatic heterocycles. The Morgan fingerprint density at radius 3 is 2.65 bits per heavy atom. The highest BCUT2D eigenvalue weighted by molar-refractivity contribution is 5.17. The van der Waals surface area contributed by atoms with Gasteiger partial charge in [-0.05, 0) is 12.5 Å². The van der Waals surface area contributed by atoms with E-state index in [2.05, 4.69) is 4.98 Å². The Labute approximate surface area is 99.5 Å². The fraction of sp³-hybridized carbons (Fsp3) is 0.231. The first kappa shape index (κ1) is 11.4. The van der Waals surface area contributed by atoms with Crippen LogP contribution in [-0.4, -0.2) is 16.7 Å². The van der Waals surface area contributed by atoms with Gasteiger partial charge in [-0.3, -0.25) is 9.36 Å². The summed E-state index contributed by atoms with van der Waals surface area (Å²) in [6.45, 7) is 2.22. The molecule has 1 heterocycles. The second-order valence-electron chi connectivity index (χ2n) is 3.80. The second kappa shape index (κ2) is 4.82. The minimum Gasteiger partial charge on any atom is -0.468 e. The van der Waals surface area contributed by atoms with Crippen molar-refractivity contribution in [3.63, 3.8) is 0 Å². The molecule has 17 heavy (non-hydrogen) atoms. The van der Waals surface area contributed by atoms with Gasteiger partial charge in [0.05, 0.1) is 13.7 Å². The summed E-state index contributed by atoms with van der Waals surface area (Å²) in [7, 11) is 1.51. The molecule has 0 atom stereocenters. The van der Waals surface area contributed by atoms with Crippen LogP contribution in [-0.2, 0) is 6.54 Å². The van der Waals surface area contributed by atoms with Crippen LogP contribution in [0.25, 0.3) is 0 Å². The summed E-state index contributed by atoms with van der Waals surface area (Å²) in [5.74, 6) is 0. The first-order valence-corrected chi connectivity index (χ1v) is 5.36. The molecule has 0 fully saturated rings. The first-order valence-electron chi connectivity index (χ1n) is 5.36. The maximum Gasteiger partial charge on any atom is 0.299 e. The van der Waals surface area contributed by atoms with Crippen LogP contribution < -0.4 is 10.3 Å². The van der Waals surface area contributed by atoms with E-state index in [4.69, 9.17) is 4.74 Å². The fourth-order valence-electron chi connectivity index (χ4n) is 1.65. The second-order valence-corrected chi connectivity index (χ2v) is 3.80. The van der Waals surface area contributed by atoms with E-state index in [-0.39, 0.29) is 5.56 Å². The Hall–Kier alpha value is -2.10. The highest BCUT2D eigenvalue weighted by Gasteiger charge is 2.08. The summed E-state index contributed by atoms with van der Waals surface area (Å²) in [5.41, 5.74) is 1.59. The fourth-order valence-corrected chi connectivity index (χ4v) is 1.65. The van der Waals surface area contributed by atoms with E-state index in [9.17, 15) is 4.79 Å². The third-order valence-corrected chi connectivity index (χ3v) is 2.55. The first-order chi connectivity index (χ1) is 8.22. The van der Waals surface area contributed by atoms with Crippen LogP contribution in [0.4, 0.5) is 0 Å². The molecule has 4 heteroatoms. The van der Waals surface area contributed by atoms with E-state index in [1.807, 2.05) is 30.3 Å². The molecule has 2 aromatic rings. The van der Waals surface area contributed by atoms with Gasteiger partial charge >= 0.3 is 0 Å². The lowest BCUT2D eigenvalue weighted by molar-refractivity contribution is 0.350. The molecular formula is C13H14N2O2. The zero-order chi connectivity index (χ0) is 12.3. The van der Waals surface area contributed by atoms with Crippen LogP contribution >= 0.6 is 0 Å². The lowest BCUT2D eigenvalue weighted by Gasteiger charge is -2.10. The lowest BCUT2D eigenvalue weighted by Crippen LogP contribution is -2.25. The van der Waals surface area contributed by atoms with Crippen molar-refractivity contribution in [2.75, 3.05) is 7.11 Å². The molecule has 0 N–H and O–H groups in total. The number of hydrogen-bond donors (Lipinski definition) is 0. The van der Waals surface area contributed by atoms with Crippen molar-refractivity contribution >= 4 is 0 Å². The van der Waals surface area contributed by atoms with Crippen molar-refractivity contribution in [3.8, 4) is 6.01 Å². The molecule has 0 radical (unpaired) electrons. The minimum atomic E-state index is -0.0688. The van der Waals surface area contributed by atoms with E-state index in [1.54, 1.807) is 6.92 Å². The predicted molar refractivity (Wildman–Crippen MR) is 65.3 cm³/mol. The monoisotopic (exact) mass is 230 g/mol. The predicted octanol–water partition coefficient (Wildman–Crippen LogP) is 1.61. The van der Waals surface area contributed by atoms with Crippen LogP contribution in [0.5, 0.6) is 6.01 Å². The van der Waals surface area contributed by atoms with Crippen molar-refractivity contribution in [2.45, 2.75) is 13.5 Å². The Morgan fingerprint density at radius 1 is 1.29 bits per heavy atom. The van der Waals surface area contributed by atoms with Crippen LogP contribution in [0.2, 0.25) is 0 Å². The van der Waals surface area contributed by atoms with Gasteiger partial charge in [0.25, 0.3) is 11.6 Å². The Morgan fingerprint density at radius 2 is 2.00 bits per heavy atom. The Bertz CT molecular complexity index is 561. The van der Waals surface area contributed by atoms with Gasteiger partial charge in [0.1, 0.15) is 0 Å². The average Bonchev–Trinajstić information content (AvgIpc) is 2.37. The summed E-state index contributed by atoms with van der Waals surface area (Å²) >= 11 is 0. The molecule has 0 aliphatic rings. The van der Waals surface area contributed by atoms with Gasteiger partial charge in [-0.25, -0.2) is 4.98 Å². The van der Waals surface area contributed by atoms with Crippen molar-refractivity contribution in [3.05, 3.63) is 58.0 Å². The Kier molecular flexibility index (Phi) is 3.23. The maximum absolute atomic E-state index is 12.0. The molecule has 4 nitrogen and oxygen atoms in total. The van der Waals surface area contributed by atoms with E-state index in [1.165, 1.54) is 17.9 Å². The zero-order valence-electron chi connectivity index (χ0n) is 9.88. The molecule has 0 aliphatic carbocycles. The number of benzene rings is 1. The van der Waals surface area contributed by atoms with Gasteiger partial charge in [-0.2, -0.15) is 0 Å². The number of rotatable bonds is 3. The normalized spacial score (nSPS) is 10.2. The smallest absolute Gasteiger partial charge is 0.299 e. The van der Waals surface area contributed by atoms with Gasteiger partial charge in [0.15, 0.2) is 0 Å². The van der Waals surface area contributed by atoms with Gasteiger partial charge in [-0.15, -0.1) is 0 Å². The summed E-state index contributed by atoms with van der Waals surface area (Å²) in [6, 6.07) is 10.1. The number of aromatic nitrogens is 2. The number of methoxy groups -OCH3 is 1. The lowest BCUT2D eigenvalue weighted by atomic mass is 10.2. The minimum absolute atomic E-state index is 0.0688. The summed E-state index contributed by atoms with van der Waals surface area (Å²) < 4.78 is 6.64. The van der Waals surface area contributed by atoms with Crippen LogP contribution in [0.15, 0.2) is 41.3 Å². The van der Waals surface area contributed by atoms with Crippen LogP contribution in [0.1, 0.15) is 11.1 Å². The zero-order valence-corrected chi connectivity index (χ0v) is 9.88. The number of aryl methyl sites for hydroxylation is 1. The maximum atomic E-state index is 12.0. The van der Waals surface area contributed by atoms with Crippen LogP contribution in [0, 0.1) is 6.92 Å².